The van der Waals surface area contributed by atoms with E-state index in [1.54, 1.807) is 11.0 Å². The van der Waals surface area contributed by atoms with Crippen molar-refractivity contribution in [3.63, 3.8) is 0 Å². The summed E-state index contributed by atoms with van der Waals surface area (Å²) < 4.78 is 50.1. The quantitative estimate of drug-likeness (QED) is 0.817. The zero-order valence-corrected chi connectivity index (χ0v) is 13.6. The van der Waals surface area contributed by atoms with Crippen LogP contribution in [0.1, 0.15) is 43.2 Å². The molecule has 2 aliphatic rings. The predicted molar refractivity (Wildman–Crippen MR) is 80.2 cm³/mol. The zero-order chi connectivity index (χ0) is 17.3. The molecule has 1 aromatic rings. The zero-order valence-electron chi connectivity index (χ0n) is 13.6. The third-order valence-electron chi connectivity index (χ3n) is 4.99. The van der Waals surface area contributed by atoms with E-state index < -0.39 is 18.0 Å². The minimum absolute atomic E-state index is 0.108. The van der Waals surface area contributed by atoms with Gasteiger partial charge in [0.15, 0.2) is 0 Å². The smallest absolute Gasteiger partial charge is 0.391 e. The van der Waals surface area contributed by atoms with Crippen molar-refractivity contribution in [2.45, 2.75) is 44.8 Å². The Kier molecular flexibility index (Phi) is 4.90. The van der Waals surface area contributed by atoms with Crippen LogP contribution in [-0.2, 0) is 9.53 Å². The number of furan rings is 1. The van der Waals surface area contributed by atoms with Gasteiger partial charge >= 0.3 is 6.18 Å². The number of nitrogens with zero attached hydrogens (tertiary/aromatic N) is 1. The van der Waals surface area contributed by atoms with Gasteiger partial charge in [-0.05, 0) is 38.3 Å². The lowest BCUT2D eigenvalue weighted by Gasteiger charge is -2.38. The average Bonchev–Trinajstić information content (AvgIpc) is 3.00. The molecule has 0 spiro atoms. The first-order chi connectivity index (χ1) is 11.4. The maximum atomic E-state index is 13.0. The fourth-order valence-corrected chi connectivity index (χ4v) is 3.68. The molecule has 1 saturated heterocycles. The summed E-state index contributed by atoms with van der Waals surface area (Å²) in [5.74, 6) is -0.777. The van der Waals surface area contributed by atoms with Gasteiger partial charge in [0.2, 0.25) is 5.91 Å². The first-order valence-corrected chi connectivity index (χ1v) is 8.37. The maximum absolute atomic E-state index is 13.0. The summed E-state index contributed by atoms with van der Waals surface area (Å²) in [5, 5.41) is 0. The van der Waals surface area contributed by atoms with Crippen molar-refractivity contribution in [1.82, 2.24) is 4.90 Å². The summed E-state index contributed by atoms with van der Waals surface area (Å²) >= 11 is 0. The van der Waals surface area contributed by atoms with Crippen LogP contribution in [0.4, 0.5) is 13.2 Å². The topological polar surface area (TPSA) is 42.7 Å². The number of hydrogen-bond donors (Lipinski definition) is 0. The Bertz CT molecular complexity index is 584. The Balaban J connectivity index is 1.74. The first kappa shape index (κ1) is 17.3. The van der Waals surface area contributed by atoms with Crippen LogP contribution in [0.3, 0.4) is 0 Å². The van der Waals surface area contributed by atoms with Crippen molar-refractivity contribution in [2.24, 2.45) is 11.8 Å². The first-order valence-electron chi connectivity index (χ1n) is 8.37. The van der Waals surface area contributed by atoms with Crippen LogP contribution in [0.2, 0.25) is 0 Å². The lowest BCUT2D eigenvalue weighted by atomic mass is 9.80. The van der Waals surface area contributed by atoms with Crippen LogP contribution >= 0.6 is 0 Å². The fourth-order valence-electron chi connectivity index (χ4n) is 3.68. The molecule has 134 valence electrons. The van der Waals surface area contributed by atoms with Crippen molar-refractivity contribution in [2.75, 3.05) is 19.8 Å². The van der Waals surface area contributed by atoms with Crippen LogP contribution in [-0.4, -0.2) is 36.7 Å². The summed E-state index contributed by atoms with van der Waals surface area (Å²) in [6.07, 6.45) is -3.25. The average molecular weight is 345 g/mol. The Morgan fingerprint density at radius 2 is 2.08 bits per heavy atom. The van der Waals surface area contributed by atoms with E-state index in [2.05, 4.69) is 0 Å². The molecule has 7 heteroatoms. The highest BCUT2D eigenvalue weighted by Crippen LogP contribution is 2.41. The van der Waals surface area contributed by atoms with E-state index in [1.807, 2.05) is 13.0 Å². The molecule has 0 N–H and O–H groups in total. The molecule has 3 atom stereocenters. The summed E-state index contributed by atoms with van der Waals surface area (Å²) in [6.45, 7) is 2.91. The van der Waals surface area contributed by atoms with Gasteiger partial charge in [0, 0.05) is 12.5 Å². The van der Waals surface area contributed by atoms with E-state index in [0.717, 1.165) is 5.76 Å². The number of morpholine rings is 1. The number of ether oxygens (including phenoxy) is 1. The van der Waals surface area contributed by atoms with E-state index in [9.17, 15) is 18.0 Å². The van der Waals surface area contributed by atoms with Crippen LogP contribution < -0.4 is 0 Å². The van der Waals surface area contributed by atoms with E-state index in [4.69, 9.17) is 9.15 Å². The molecule has 0 bridgehead atoms. The number of aryl methyl sites for hydroxylation is 1. The van der Waals surface area contributed by atoms with Crippen molar-refractivity contribution in [3.8, 4) is 0 Å². The van der Waals surface area contributed by atoms with Crippen molar-refractivity contribution < 1.29 is 27.1 Å². The minimum atomic E-state index is -4.22. The van der Waals surface area contributed by atoms with E-state index in [-0.39, 0.29) is 24.8 Å². The summed E-state index contributed by atoms with van der Waals surface area (Å²) in [6, 6.07) is 3.26. The normalized spacial score (nSPS) is 28.8. The molecule has 1 aliphatic heterocycles. The molecular formula is C17H22F3NO3. The summed E-state index contributed by atoms with van der Waals surface area (Å²) in [7, 11) is 0. The lowest BCUT2D eigenvalue weighted by Crippen LogP contribution is -2.47. The van der Waals surface area contributed by atoms with Crippen LogP contribution in [0, 0.1) is 18.8 Å². The lowest BCUT2D eigenvalue weighted by molar-refractivity contribution is -0.188. The summed E-state index contributed by atoms with van der Waals surface area (Å²) in [4.78, 5) is 14.5. The third-order valence-corrected chi connectivity index (χ3v) is 4.99. The monoisotopic (exact) mass is 345 g/mol. The highest BCUT2D eigenvalue weighted by atomic mass is 19.4. The molecule has 24 heavy (non-hydrogen) atoms. The molecule has 1 saturated carbocycles. The molecule has 1 aromatic heterocycles. The minimum Gasteiger partial charge on any atom is -0.464 e. The van der Waals surface area contributed by atoms with Gasteiger partial charge < -0.3 is 14.1 Å². The number of hydrogen-bond acceptors (Lipinski definition) is 3. The summed E-state index contributed by atoms with van der Waals surface area (Å²) in [5.41, 5.74) is 0. The molecule has 1 amide bonds. The van der Waals surface area contributed by atoms with Crippen LogP contribution in [0.5, 0.6) is 0 Å². The standard InChI is InChI=1S/C17H22F3NO3/c1-11-5-6-15(24-11)14-10-23-8-7-21(14)16(22)12-3-2-4-13(9-12)17(18,19)20/h5-6,12-14H,2-4,7-10H2,1H3/t12-,13+,14-/m0/s1. The number of amides is 1. The molecule has 4 nitrogen and oxygen atoms in total. The second kappa shape index (κ2) is 6.78. The Hall–Kier alpha value is -1.50. The van der Waals surface area contributed by atoms with Crippen molar-refractivity contribution in [3.05, 3.63) is 23.7 Å². The SMILES string of the molecule is Cc1ccc([C@@H]2COCCN2C(=O)[C@H]2CCC[C@@H](C(F)(F)F)C2)o1. The van der Waals surface area contributed by atoms with Crippen molar-refractivity contribution >= 4 is 5.91 Å². The number of rotatable bonds is 2. The Morgan fingerprint density at radius 1 is 1.29 bits per heavy atom. The van der Waals surface area contributed by atoms with Crippen LogP contribution in [0.15, 0.2) is 16.5 Å². The maximum Gasteiger partial charge on any atom is 0.391 e. The molecular weight excluding hydrogens is 323 g/mol. The molecule has 1 aliphatic carbocycles. The van der Waals surface area contributed by atoms with Gasteiger partial charge in [-0.1, -0.05) is 6.42 Å². The Morgan fingerprint density at radius 3 is 2.75 bits per heavy atom. The molecule has 2 heterocycles. The fraction of sp³-hybridized carbons (Fsp3) is 0.706. The van der Waals surface area contributed by atoms with E-state index >= 15 is 0 Å². The number of carbonyl (C=O) groups is 1. The van der Waals surface area contributed by atoms with Gasteiger partial charge in [0.1, 0.15) is 17.6 Å². The molecule has 0 radical (unpaired) electrons. The molecule has 3 rings (SSSR count). The highest BCUT2D eigenvalue weighted by molar-refractivity contribution is 5.79. The predicted octanol–water partition coefficient (Wildman–Crippen LogP) is 3.86. The van der Waals surface area contributed by atoms with Gasteiger partial charge in [-0.25, -0.2) is 0 Å². The van der Waals surface area contributed by atoms with Gasteiger partial charge in [-0.15, -0.1) is 0 Å². The third kappa shape index (κ3) is 3.61. The second-order valence-electron chi connectivity index (χ2n) is 6.67. The molecule has 0 aromatic carbocycles. The van der Waals surface area contributed by atoms with E-state index in [1.165, 1.54) is 0 Å². The molecule has 2 fully saturated rings. The van der Waals surface area contributed by atoms with Gasteiger partial charge in [0.25, 0.3) is 0 Å². The van der Waals surface area contributed by atoms with Gasteiger partial charge in [0.05, 0.1) is 19.1 Å². The Labute approximate surface area is 138 Å². The number of halogens is 3. The number of carbonyl (C=O) groups excluding carboxylic acids is 1. The molecule has 0 unspecified atom stereocenters. The van der Waals surface area contributed by atoms with Gasteiger partial charge in [-0.3, -0.25) is 4.79 Å². The number of alkyl halides is 3. The second-order valence-corrected chi connectivity index (χ2v) is 6.67. The van der Waals surface area contributed by atoms with E-state index in [0.29, 0.717) is 38.4 Å². The largest absolute Gasteiger partial charge is 0.464 e. The van der Waals surface area contributed by atoms with Gasteiger partial charge in [-0.2, -0.15) is 13.2 Å². The highest BCUT2D eigenvalue weighted by Gasteiger charge is 2.45. The van der Waals surface area contributed by atoms with Crippen LogP contribution in [0.25, 0.3) is 0 Å². The van der Waals surface area contributed by atoms with Crippen molar-refractivity contribution in [1.29, 1.82) is 0 Å².